The van der Waals surface area contributed by atoms with Crippen LogP contribution in [0.15, 0.2) is 22.9 Å². The molecular weight excluding hydrogens is 294 g/mol. The Hall–Kier alpha value is -1.34. The summed E-state index contributed by atoms with van der Waals surface area (Å²) in [5, 5.41) is 12.6. The van der Waals surface area contributed by atoms with Crippen LogP contribution in [-0.4, -0.2) is 31.4 Å². The van der Waals surface area contributed by atoms with Crippen molar-refractivity contribution in [3.8, 4) is 0 Å². The Morgan fingerprint density at radius 2 is 2.30 bits per heavy atom. The molecule has 0 saturated heterocycles. The highest BCUT2D eigenvalue weighted by Crippen LogP contribution is 2.24. The minimum atomic E-state index is -0.824. The molecule has 108 valence electrons. The van der Waals surface area contributed by atoms with Crippen molar-refractivity contribution in [3.05, 3.63) is 28.5 Å². The van der Waals surface area contributed by atoms with Crippen LogP contribution < -0.4 is 0 Å². The third kappa shape index (κ3) is 3.83. The third-order valence-electron chi connectivity index (χ3n) is 2.80. The molecule has 1 N–H and O–H groups in total. The quantitative estimate of drug-likeness (QED) is 0.796. The zero-order chi connectivity index (χ0) is 14.5. The Labute approximate surface area is 126 Å². The van der Waals surface area contributed by atoms with Gasteiger partial charge in [-0.2, -0.15) is 0 Å². The number of aryl methyl sites for hydroxylation is 1. The normalized spacial score (nSPS) is 11.2. The number of imidazole rings is 1. The van der Waals surface area contributed by atoms with Crippen LogP contribution in [0.4, 0.5) is 0 Å². The van der Waals surface area contributed by atoms with Crippen molar-refractivity contribution in [1.29, 1.82) is 0 Å². The van der Waals surface area contributed by atoms with Crippen molar-refractivity contribution < 1.29 is 9.90 Å². The van der Waals surface area contributed by atoms with Crippen molar-refractivity contribution in [3.63, 3.8) is 0 Å². The fourth-order valence-electron chi connectivity index (χ4n) is 1.88. The van der Waals surface area contributed by atoms with E-state index in [9.17, 15) is 4.79 Å². The summed E-state index contributed by atoms with van der Waals surface area (Å²) in [6, 6.07) is 0. The second-order valence-electron chi connectivity index (χ2n) is 4.63. The molecule has 20 heavy (non-hydrogen) atoms. The van der Waals surface area contributed by atoms with Crippen LogP contribution in [0.5, 0.6) is 0 Å². The number of hydrogen-bond donors (Lipinski definition) is 1. The fraction of sp³-hybridized carbons (Fsp3) is 0.462. The molecule has 0 fully saturated rings. The van der Waals surface area contributed by atoms with Crippen LogP contribution in [0.1, 0.15) is 30.5 Å². The molecule has 2 heterocycles. The van der Waals surface area contributed by atoms with Gasteiger partial charge in [0, 0.05) is 36.4 Å². The lowest BCUT2D eigenvalue weighted by Crippen LogP contribution is -2.09. The Bertz CT molecular complexity index is 564. The maximum atomic E-state index is 10.7. The number of rotatable bonds is 7. The molecule has 2 aromatic heterocycles. The van der Waals surface area contributed by atoms with Crippen molar-refractivity contribution in [2.45, 2.75) is 37.9 Å². The second kappa shape index (κ2) is 6.90. The molecule has 0 aliphatic heterocycles. The molecule has 0 saturated carbocycles. The molecule has 0 unspecified atom stereocenters. The number of thioether (sulfide) groups is 1. The van der Waals surface area contributed by atoms with Crippen LogP contribution in [0, 0.1) is 0 Å². The molecule has 5 nitrogen and oxygen atoms in total. The average Bonchev–Trinajstić information content (AvgIpc) is 3.03. The van der Waals surface area contributed by atoms with Crippen LogP contribution >= 0.6 is 23.1 Å². The van der Waals surface area contributed by atoms with Crippen molar-refractivity contribution >= 4 is 29.1 Å². The van der Waals surface area contributed by atoms with Crippen molar-refractivity contribution in [2.24, 2.45) is 0 Å². The zero-order valence-electron chi connectivity index (χ0n) is 11.4. The van der Waals surface area contributed by atoms with E-state index in [1.165, 1.54) is 11.8 Å². The summed E-state index contributed by atoms with van der Waals surface area (Å²) in [5.74, 6) is -0.431. The molecule has 2 rings (SSSR count). The SMILES string of the molecule is CC(C)c1cnc(SCC(=O)O)n1CCc1nccs1. The first-order chi connectivity index (χ1) is 9.58. The molecule has 0 aliphatic rings. The second-order valence-corrected chi connectivity index (χ2v) is 6.55. The highest BCUT2D eigenvalue weighted by Gasteiger charge is 2.14. The van der Waals surface area contributed by atoms with Gasteiger partial charge in [0.1, 0.15) is 0 Å². The van der Waals surface area contributed by atoms with E-state index in [0.29, 0.717) is 5.92 Å². The maximum absolute atomic E-state index is 10.7. The summed E-state index contributed by atoms with van der Waals surface area (Å²) >= 11 is 2.90. The van der Waals surface area contributed by atoms with Crippen molar-refractivity contribution in [1.82, 2.24) is 14.5 Å². The fourth-order valence-corrected chi connectivity index (χ4v) is 3.22. The summed E-state index contributed by atoms with van der Waals surface area (Å²) < 4.78 is 2.11. The van der Waals surface area contributed by atoms with Gasteiger partial charge in [-0.1, -0.05) is 25.6 Å². The molecule has 0 amide bonds. The first kappa shape index (κ1) is 15.1. The average molecular weight is 311 g/mol. The minimum absolute atomic E-state index is 0.0335. The van der Waals surface area contributed by atoms with Gasteiger partial charge >= 0.3 is 5.97 Å². The highest BCUT2D eigenvalue weighted by molar-refractivity contribution is 7.99. The van der Waals surface area contributed by atoms with Gasteiger partial charge < -0.3 is 9.67 Å². The summed E-state index contributed by atoms with van der Waals surface area (Å²) in [5.41, 5.74) is 1.13. The molecule has 0 aromatic carbocycles. The number of thiazole rings is 1. The topological polar surface area (TPSA) is 68.0 Å². The first-order valence-electron chi connectivity index (χ1n) is 6.36. The third-order valence-corrected chi connectivity index (χ3v) is 4.61. The van der Waals surface area contributed by atoms with Gasteiger partial charge in [0.25, 0.3) is 0 Å². The van der Waals surface area contributed by atoms with E-state index >= 15 is 0 Å². The lowest BCUT2D eigenvalue weighted by molar-refractivity contribution is -0.133. The van der Waals surface area contributed by atoms with Gasteiger partial charge in [-0.25, -0.2) is 9.97 Å². The van der Waals surface area contributed by atoms with E-state index in [0.717, 1.165) is 28.8 Å². The Morgan fingerprint density at radius 1 is 1.50 bits per heavy atom. The van der Waals surface area contributed by atoms with Crippen LogP contribution in [0.3, 0.4) is 0 Å². The minimum Gasteiger partial charge on any atom is -0.481 e. The summed E-state index contributed by atoms with van der Waals surface area (Å²) in [6.45, 7) is 5.01. The monoisotopic (exact) mass is 311 g/mol. The molecule has 7 heteroatoms. The highest BCUT2D eigenvalue weighted by atomic mass is 32.2. The van der Waals surface area contributed by atoms with Gasteiger partial charge in [0.2, 0.25) is 0 Å². The van der Waals surface area contributed by atoms with Gasteiger partial charge in [-0.15, -0.1) is 11.3 Å². The van der Waals surface area contributed by atoms with Gasteiger partial charge in [-0.3, -0.25) is 4.79 Å². The molecule has 0 spiro atoms. The summed E-state index contributed by atoms with van der Waals surface area (Å²) in [7, 11) is 0. The first-order valence-corrected chi connectivity index (χ1v) is 8.23. The molecule has 0 atom stereocenters. The largest absolute Gasteiger partial charge is 0.481 e. The number of hydrogen-bond acceptors (Lipinski definition) is 5. The number of carboxylic acids is 1. The Balaban J connectivity index is 2.13. The van der Waals surface area contributed by atoms with Gasteiger partial charge in [-0.05, 0) is 5.92 Å². The zero-order valence-corrected chi connectivity index (χ0v) is 13.1. The lowest BCUT2D eigenvalue weighted by atomic mass is 10.1. The Kier molecular flexibility index (Phi) is 5.19. The molecular formula is C13H17N3O2S2. The van der Waals surface area contributed by atoms with Gasteiger partial charge in [0.15, 0.2) is 5.16 Å². The molecule has 2 aromatic rings. The van der Waals surface area contributed by atoms with E-state index < -0.39 is 5.97 Å². The number of aromatic nitrogens is 3. The number of nitrogens with zero attached hydrogens (tertiary/aromatic N) is 3. The predicted molar refractivity (Wildman–Crippen MR) is 80.5 cm³/mol. The maximum Gasteiger partial charge on any atom is 0.313 e. The van der Waals surface area contributed by atoms with E-state index in [-0.39, 0.29) is 5.75 Å². The standard InChI is InChI=1S/C13H17N3O2S2/c1-9(2)10-7-15-13(20-8-12(17)18)16(10)5-3-11-14-4-6-19-11/h4,6-7,9H,3,5,8H2,1-2H3,(H,17,18). The molecule has 0 aliphatic carbocycles. The van der Waals surface area contributed by atoms with E-state index in [1.807, 2.05) is 11.6 Å². The van der Waals surface area contributed by atoms with Gasteiger partial charge in [0.05, 0.1) is 10.8 Å². The molecule has 0 bridgehead atoms. The summed E-state index contributed by atoms with van der Waals surface area (Å²) in [4.78, 5) is 19.3. The van der Waals surface area contributed by atoms with E-state index in [1.54, 1.807) is 17.5 Å². The number of aliphatic carboxylic acids is 1. The van der Waals surface area contributed by atoms with E-state index in [4.69, 9.17) is 5.11 Å². The van der Waals surface area contributed by atoms with E-state index in [2.05, 4.69) is 28.4 Å². The van der Waals surface area contributed by atoms with Crippen molar-refractivity contribution in [2.75, 3.05) is 5.75 Å². The summed E-state index contributed by atoms with van der Waals surface area (Å²) in [6.07, 6.45) is 4.49. The smallest absolute Gasteiger partial charge is 0.313 e. The van der Waals surface area contributed by atoms with Crippen LogP contribution in [0.25, 0.3) is 0 Å². The molecule has 0 radical (unpaired) electrons. The van der Waals surface area contributed by atoms with Crippen LogP contribution in [-0.2, 0) is 17.8 Å². The number of carbonyl (C=O) groups is 1. The Morgan fingerprint density at radius 3 is 2.90 bits per heavy atom. The van der Waals surface area contributed by atoms with Crippen LogP contribution in [0.2, 0.25) is 0 Å². The number of carboxylic acid groups (broad SMARTS) is 1. The predicted octanol–water partition coefficient (Wildman–Crippen LogP) is 2.88. The lowest BCUT2D eigenvalue weighted by Gasteiger charge is -2.12.